The van der Waals surface area contributed by atoms with E-state index >= 15 is 0 Å². The van der Waals surface area contributed by atoms with E-state index in [1.807, 2.05) is 48.7 Å². The molecule has 0 radical (unpaired) electrons. The summed E-state index contributed by atoms with van der Waals surface area (Å²) in [5, 5.41) is 5.23. The number of hydrogen-bond donors (Lipinski definition) is 1. The first kappa shape index (κ1) is 20.3. The highest BCUT2D eigenvalue weighted by Crippen LogP contribution is 2.31. The van der Waals surface area contributed by atoms with E-state index in [4.69, 9.17) is 4.74 Å². The van der Waals surface area contributed by atoms with Crippen LogP contribution in [0.2, 0.25) is 0 Å². The number of thiophene rings is 1. The molecule has 1 N–H and O–H groups in total. The zero-order chi connectivity index (χ0) is 21.1. The molecule has 0 bridgehead atoms. The Labute approximate surface area is 185 Å². The van der Waals surface area contributed by atoms with Crippen molar-refractivity contribution in [1.29, 1.82) is 0 Å². The van der Waals surface area contributed by atoms with Gasteiger partial charge in [-0.05, 0) is 48.9 Å². The number of halogens is 1. The predicted molar refractivity (Wildman–Crippen MR) is 123 cm³/mol. The SMILES string of the molecule is CCOc1ccc(-c2csc3ncn(CC(=O)Nc4ccc(Br)cc4)c(=O)c23)cc1. The van der Waals surface area contributed by atoms with E-state index in [1.54, 1.807) is 12.1 Å². The van der Waals surface area contributed by atoms with Gasteiger partial charge in [-0.25, -0.2) is 4.98 Å². The fourth-order valence-electron chi connectivity index (χ4n) is 3.08. The maximum atomic E-state index is 13.1. The Bertz CT molecular complexity index is 1250. The Morgan fingerprint density at radius 1 is 1.17 bits per heavy atom. The predicted octanol–water partition coefficient (Wildman–Crippen LogP) is 4.92. The van der Waals surface area contributed by atoms with Crippen molar-refractivity contribution in [2.24, 2.45) is 0 Å². The highest BCUT2D eigenvalue weighted by Gasteiger charge is 2.15. The largest absolute Gasteiger partial charge is 0.494 e. The minimum Gasteiger partial charge on any atom is -0.494 e. The molecule has 0 unspecified atom stereocenters. The van der Waals surface area contributed by atoms with E-state index in [9.17, 15) is 9.59 Å². The lowest BCUT2D eigenvalue weighted by Crippen LogP contribution is -2.27. The molecule has 6 nitrogen and oxygen atoms in total. The molecule has 4 aromatic rings. The van der Waals surface area contributed by atoms with Crippen LogP contribution in [-0.4, -0.2) is 22.1 Å². The quantitative estimate of drug-likeness (QED) is 0.422. The average molecular weight is 484 g/mol. The molecule has 1 amide bonds. The number of ether oxygens (including phenoxy) is 1. The van der Waals surface area contributed by atoms with Crippen molar-refractivity contribution in [2.75, 3.05) is 11.9 Å². The summed E-state index contributed by atoms with van der Waals surface area (Å²) >= 11 is 4.77. The molecule has 2 aromatic carbocycles. The third-order valence-electron chi connectivity index (χ3n) is 4.48. The van der Waals surface area contributed by atoms with Crippen LogP contribution < -0.4 is 15.6 Å². The summed E-state index contributed by atoms with van der Waals surface area (Å²) in [7, 11) is 0. The first-order valence-electron chi connectivity index (χ1n) is 9.30. The van der Waals surface area contributed by atoms with Gasteiger partial charge in [0.05, 0.1) is 18.3 Å². The van der Waals surface area contributed by atoms with Gasteiger partial charge in [-0.3, -0.25) is 14.2 Å². The molecule has 0 aliphatic carbocycles. The Kier molecular flexibility index (Phi) is 5.96. The summed E-state index contributed by atoms with van der Waals surface area (Å²) in [6.45, 7) is 2.41. The van der Waals surface area contributed by atoms with E-state index in [0.29, 0.717) is 22.5 Å². The molecule has 0 saturated heterocycles. The minimum atomic E-state index is -0.293. The summed E-state index contributed by atoms with van der Waals surface area (Å²) in [5.74, 6) is 0.486. The molecule has 8 heteroatoms. The van der Waals surface area contributed by atoms with Gasteiger partial charge in [0, 0.05) is 21.1 Å². The van der Waals surface area contributed by atoms with Gasteiger partial charge in [0.1, 0.15) is 17.1 Å². The van der Waals surface area contributed by atoms with Crippen molar-refractivity contribution in [3.05, 3.63) is 75.1 Å². The Morgan fingerprint density at radius 3 is 2.60 bits per heavy atom. The fourth-order valence-corrected chi connectivity index (χ4v) is 4.25. The highest BCUT2D eigenvalue weighted by molar-refractivity contribution is 9.10. The van der Waals surface area contributed by atoms with Gasteiger partial charge >= 0.3 is 0 Å². The standard InChI is InChI=1S/C22H18BrN3O3S/c1-2-29-17-9-3-14(4-10-17)18-12-30-21-20(18)22(28)26(13-24-21)11-19(27)25-16-7-5-15(23)6-8-16/h3-10,12-13H,2,11H2,1H3,(H,25,27). The normalized spacial score (nSPS) is 10.9. The molecule has 4 rings (SSSR count). The number of fused-ring (bicyclic) bond motifs is 1. The van der Waals surface area contributed by atoms with Crippen molar-refractivity contribution in [1.82, 2.24) is 9.55 Å². The zero-order valence-corrected chi connectivity index (χ0v) is 18.5. The van der Waals surface area contributed by atoms with E-state index < -0.39 is 0 Å². The third kappa shape index (κ3) is 4.29. The molecule has 0 aliphatic heterocycles. The van der Waals surface area contributed by atoms with E-state index in [2.05, 4.69) is 26.2 Å². The number of amides is 1. The van der Waals surface area contributed by atoms with Gasteiger partial charge in [0.15, 0.2) is 0 Å². The van der Waals surface area contributed by atoms with Gasteiger partial charge in [-0.1, -0.05) is 28.1 Å². The van der Waals surface area contributed by atoms with Gasteiger partial charge < -0.3 is 10.1 Å². The molecule has 2 heterocycles. The molecule has 0 fully saturated rings. The number of anilines is 1. The lowest BCUT2D eigenvalue weighted by Gasteiger charge is -2.08. The van der Waals surface area contributed by atoms with E-state index in [0.717, 1.165) is 21.3 Å². The lowest BCUT2D eigenvalue weighted by molar-refractivity contribution is -0.116. The van der Waals surface area contributed by atoms with Crippen LogP contribution >= 0.6 is 27.3 Å². The topological polar surface area (TPSA) is 73.2 Å². The van der Waals surface area contributed by atoms with Crippen molar-refractivity contribution in [3.63, 3.8) is 0 Å². The Morgan fingerprint density at radius 2 is 1.90 bits per heavy atom. The van der Waals surface area contributed by atoms with Crippen LogP contribution in [0.3, 0.4) is 0 Å². The summed E-state index contributed by atoms with van der Waals surface area (Å²) < 4.78 is 7.74. The zero-order valence-electron chi connectivity index (χ0n) is 16.1. The summed E-state index contributed by atoms with van der Waals surface area (Å²) in [6.07, 6.45) is 1.42. The van der Waals surface area contributed by atoms with Gasteiger partial charge in [-0.15, -0.1) is 11.3 Å². The first-order valence-corrected chi connectivity index (χ1v) is 11.0. The number of hydrogen-bond acceptors (Lipinski definition) is 5. The lowest BCUT2D eigenvalue weighted by atomic mass is 10.1. The monoisotopic (exact) mass is 483 g/mol. The van der Waals surface area contributed by atoms with Crippen molar-refractivity contribution >= 4 is 49.1 Å². The van der Waals surface area contributed by atoms with Crippen LogP contribution in [0.25, 0.3) is 21.3 Å². The van der Waals surface area contributed by atoms with E-state index in [-0.39, 0.29) is 18.0 Å². The fraction of sp³-hybridized carbons (Fsp3) is 0.136. The smallest absolute Gasteiger partial charge is 0.263 e. The number of nitrogens with one attached hydrogen (secondary N) is 1. The molecule has 0 spiro atoms. The highest BCUT2D eigenvalue weighted by atomic mass is 79.9. The van der Waals surface area contributed by atoms with Crippen LogP contribution in [0.1, 0.15) is 6.92 Å². The molecular weight excluding hydrogens is 466 g/mol. The first-order chi connectivity index (χ1) is 14.5. The number of nitrogens with zero attached hydrogens (tertiary/aromatic N) is 2. The second-order valence-electron chi connectivity index (χ2n) is 6.52. The third-order valence-corrected chi connectivity index (χ3v) is 5.89. The molecule has 152 valence electrons. The molecule has 30 heavy (non-hydrogen) atoms. The molecular formula is C22H18BrN3O3S. The van der Waals surface area contributed by atoms with Gasteiger partial charge in [0.25, 0.3) is 5.56 Å². The van der Waals surface area contributed by atoms with Crippen molar-refractivity contribution in [2.45, 2.75) is 13.5 Å². The van der Waals surface area contributed by atoms with Crippen LogP contribution in [0.4, 0.5) is 5.69 Å². The second kappa shape index (κ2) is 8.81. The van der Waals surface area contributed by atoms with Crippen LogP contribution in [-0.2, 0) is 11.3 Å². The summed E-state index contributed by atoms with van der Waals surface area (Å²) in [6, 6.07) is 14.8. The van der Waals surface area contributed by atoms with Gasteiger partial charge in [-0.2, -0.15) is 0 Å². The van der Waals surface area contributed by atoms with Crippen molar-refractivity contribution < 1.29 is 9.53 Å². The van der Waals surface area contributed by atoms with E-state index in [1.165, 1.54) is 22.2 Å². The number of carbonyl (C=O) groups excluding carboxylic acids is 1. The average Bonchev–Trinajstić information content (AvgIpc) is 3.18. The molecule has 2 aromatic heterocycles. The Balaban J connectivity index is 1.61. The Hall–Kier alpha value is -2.97. The van der Waals surface area contributed by atoms with Crippen LogP contribution in [0.15, 0.2) is 69.5 Å². The number of rotatable bonds is 6. The van der Waals surface area contributed by atoms with Crippen LogP contribution in [0.5, 0.6) is 5.75 Å². The summed E-state index contributed by atoms with van der Waals surface area (Å²) in [4.78, 5) is 30.6. The molecule has 0 saturated carbocycles. The second-order valence-corrected chi connectivity index (χ2v) is 8.29. The van der Waals surface area contributed by atoms with Crippen molar-refractivity contribution in [3.8, 4) is 16.9 Å². The maximum Gasteiger partial charge on any atom is 0.263 e. The van der Waals surface area contributed by atoms with Gasteiger partial charge in [0.2, 0.25) is 5.91 Å². The molecule has 0 atom stereocenters. The number of carbonyl (C=O) groups is 1. The molecule has 0 aliphatic rings. The number of aromatic nitrogens is 2. The number of benzene rings is 2. The maximum absolute atomic E-state index is 13.1. The van der Waals surface area contributed by atoms with Crippen LogP contribution in [0, 0.1) is 0 Å². The minimum absolute atomic E-state index is 0.115. The summed E-state index contributed by atoms with van der Waals surface area (Å²) in [5.41, 5.74) is 2.13.